The van der Waals surface area contributed by atoms with Crippen LogP contribution in [-0.2, 0) is 21.2 Å². The minimum absolute atomic E-state index is 0.0334. The Balaban J connectivity index is 1.54. The molecule has 1 N–H and O–H groups in total. The highest BCUT2D eigenvalue weighted by Crippen LogP contribution is 2.30. The molecule has 3 rings (SSSR count). The molecule has 31 heavy (non-hydrogen) atoms. The van der Waals surface area contributed by atoms with Gasteiger partial charge in [0.15, 0.2) is 0 Å². The molecule has 1 amide bonds. The highest BCUT2D eigenvalue weighted by molar-refractivity contribution is 7.89. The number of nitrogens with zero attached hydrogens (tertiary/aromatic N) is 1. The van der Waals surface area contributed by atoms with Gasteiger partial charge in [0.25, 0.3) is 0 Å². The molecule has 168 valence electrons. The lowest BCUT2D eigenvalue weighted by Gasteiger charge is -2.31. The van der Waals surface area contributed by atoms with E-state index in [9.17, 15) is 17.6 Å². The van der Waals surface area contributed by atoms with Crippen molar-refractivity contribution in [1.29, 1.82) is 0 Å². The van der Waals surface area contributed by atoms with Gasteiger partial charge in [-0.1, -0.05) is 30.3 Å². The summed E-state index contributed by atoms with van der Waals surface area (Å²) in [5, 5.41) is 3.05. The lowest BCUT2D eigenvalue weighted by molar-refractivity contribution is -0.126. The van der Waals surface area contributed by atoms with Gasteiger partial charge in [0, 0.05) is 25.0 Å². The average Bonchev–Trinajstić information content (AvgIpc) is 2.78. The summed E-state index contributed by atoms with van der Waals surface area (Å²) in [6, 6.07) is 13.6. The topological polar surface area (TPSA) is 75.7 Å². The Labute approximate surface area is 183 Å². The van der Waals surface area contributed by atoms with Gasteiger partial charge in [0.1, 0.15) is 16.5 Å². The summed E-state index contributed by atoms with van der Waals surface area (Å²) in [6.07, 6.45) is 2.57. The van der Waals surface area contributed by atoms with E-state index in [0.717, 1.165) is 25.0 Å². The van der Waals surface area contributed by atoms with Crippen molar-refractivity contribution in [2.75, 3.05) is 20.2 Å². The van der Waals surface area contributed by atoms with E-state index in [0.29, 0.717) is 12.8 Å². The standard InChI is InChI=1S/C23H29FN2O4S/c1-17(8-9-18-6-4-3-5-7-18)25-23(27)19-12-14-26(15-13-19)31(28,29)22-16-20(24)10-11-21(22)30-2/h3-7,10-11,16-17,19H,8-9,12-15H2,1-2H3,(H,25,27)/t17-/m0/s1. The number of methoxy groups -OCH3 is 1. The number of aryl methyl sites for hydroxylation is 1. The van der Waals surface area contributed by atoms with E-state index in [2.05, 4.69) is 17.4 Å². The Bertz CT molecular complexity index is 990. The molecule has 0 aliphatic carbocycles. The quantitative estimate of drug-likeness (QED) is 0.672. The van der Waals surface area contributed by atoms with Crippen LogP contribution in [0.2, 0.25) is 0 Å². The van der Waals surface area contributed by atoms with Gasteiger partial charge in [-0.2, -0.15) is 4.31 Å². The molecule has 0 bridgehead atoms. The van der Waals surface area contributed by atoms with Gasteiger partial charge in [-0.3, -0.25) is 4.79 Å². The first-order valence-corrected chi connectivity index (χ1v) is 11.9. The van der Waals surface area contributed by atoms with Gasteiger partial charge in [0.2, 0.25) is 15.9 Å². The molecule has 0 unspecified atom stereocenters. The average molecular weight is 449 g/mol. The van der Waals surface area contributed by atoms with Crippen molar-refractivity contribution in [3.63, 3.8) is 0 Å². The SMILES string of the molecule is COc1ccc(F)cc1S(=O)(=O)N1CCC(C(=O)N[C@@H](C)CCc2ccccc2)CC1. The summed E-state index contributed by atoms with van der Waals surface area (Å²) in [6.45, 7) is 2.40. The number of benzene rings is 2. The molecule has 0 spiro atoms. The van der Waals surface area contributed by atoms with Crippen LogP contribution in [0.1, 0.15) is 31.7 Å². The van der Waals surface area contributed by atoms with Gasteiger partial charge in [0.05, 0.1) is 7.11 Å². The van der Waals surface area contributed by atoms with E-state index in [4.69, 9.17) is 4.74 Å². The second-order valence-electron chi connectivity index (χ2n) is 7.91. The van der Waals surface area contributed by atoms with Crippen LogP contribution in [0.3, 0.4) is 0 Å². The molecule has 6 nitrogen and oxygen atoms in total. The largest absolute Gasteiger partial charge is 0.495 e. The maximum absolute atomic E-state index is 13.7. The number of halogens is 1. The molecule has 0 radical (unpaired) electrons. The fourth-order valence-electron chi connectivity index (χ4n) is 3.81. The van der Waals surface area contributed by atoms with E-state index >= 15 is 0 Å². The molecule has 1 heterocycles. The monoisotopic (exact) mass is 448 g/mol. The molecule has 1 saturated heterocycles. The third kappa shape index (κ3) is 5.83. The highest BCUT2D eigenvalue weighted by Gasteiger charge is 2.34. The number of hydrogen-bond acceptors (Lipinski definition) is 4. The first-order chi connectivity index (χ1) is 14.8. The third-order valence-corrected chi connectivity index (χ3v) is 7.59. The van der Waals surface area contributed by atoms with Crippen molar-refractivity contribution in [2.45, 2.75) is 43.5 Å². The van der Waals surface area contributed by atoms with E-state index in [-0.39, 0.29) is 41.6 Å². The summed E-state index contributed by atoms with van der Waals surface area (Å²) in [4.78, 5) is 12.5. The predicted molar refractivity (Wildman–Crippen MR) is 117 cm³/mol. The number of piperidine rings is 1. The summed E-state index contributed by atoms with van der Waals surface area (Å²) in [7, 11) is -2.55. The van der Waals surface area contributed by atoms with Gasteiger partial charge in [-0.15, -0.1) is 0 Å². The van der Waals surface area contributed by atoms with Crippen molar-refractivity contribution in [3.8, 4) is 5.75 Å². The van der Waals surface area contributed by atoms with Crippen molar-refractivity contribution in [1.82, 2.24) is 9.62 Å². The van der Waals surface area contributed by atoms with Crippen LogP contribution >= 0.6 is 0 Å². The molecule has 2 aromatic rings. The number of hydrogen-bond donors (Lipinski definition) is 1. The third-order valence-electron chi connectivity index (χ3n) is 5.67. The molecule has 1 aliphatic heterocycles. The zero-order chi connectivity index (χ0) is 22.4. The molecule has 2 aromatic carbocycles. The zero-order valence-corrected chi connectivity index (χ0v) is 18.7. The number of nitrogens with one attached hydrogen (secondary N) is 1. The van der Waals surface area contributed by atoms with E-state index in [1.54, 1.807) is 0 Å². The van der Waals surface area contributed by atoms with E-state index < -0.39 is 15.8 Å². The first-order valence-electron chi connectivity index (χ1n) is 10.5. The number of carbonyl (C=O) groups excluding carboxylic acids is 1. The predicted octanol–water partition coefficient (Wildman–Crippen LogP) is 3.37. The van der Waals surface area contributed by atoms with Crippen molar-refractivity contribution in [3.05, 3.63) is 59.9 Å². The fraction of sp³-hybridized carbons (Fsp3) is 0.435. The van der Waals surface area contributed by atoms with Crippen LogP contribution in [0.5, 0.6) is 5.75 Å². The summed E-state index contributed by atoms with van der Waals surface area (Å²) in [5.41, 5.74) is 1.23. The Morgan fingerprint density at radius 1 is 1.19 bits per heavy atom. The smallest absolute Gasteiger partial charge is 0.246 e. The van der Waals surface area contributed by atoms with Crippen LogP contribution in [0, 0.1) is 11.7 Å². The minimum atomic E-state index is -3.90. The lowest BCUT2D eigenvalue weighted by atomic mass is 9.96. The van der Waals surface area contributed by atoms with Gasteiger partial charge in [-0.25, -0.2) is 12.8 Å². The van der Waals surface area contributed by atoms with E-state index in [1.807, 2.05) is 25.1 Å². The van der Waals surface area contributed by atoms with Crippen LogP contribution in [0.15, 0.2) is 53.4 Å². The summed E-state index contributed by atoms with van der Waals surface area (Å²) < 4.78 is 46.0. The maximum atomic E-state index is 13.7. The number of rotatable bonds is 8. The van der Waals surface area contributed by atoms with Crippen molar-refractivity contribution < 1.29 is 22.3 Å². The minimum Gasteiger partial charge on any atom is -0.495 e. The van der Waals surface area contributed by atoms with Crippen molar-refractivity contribution in [2.24, 2.45) is 5.92 Å². The molecule has 1 aliphatic rings. The molecular weight excluding hydrogens is 419 g/mol. The zero-order valence-electron chi connectivity index (χ0n) is 17.9. The highest BCUT2D eigenvalue weighted by atomic mass is 32.2. The van der Waals surface area contributed by atoms with Crippen LogP contribution in [-0.4, -0.2) is 44.9 Å². The summed E-state index contributed by atoms with van der Waals surface area (Å²) in [5.74, 6) is -0.812. The summed E-state index contributed by atoms with van der Waals surface area (Å²) >= 11 is 0. The second-order valence-corrected chi connectivity index (χ2v) is 9.81. The molecule has 8 heteroatoms. The number of amides is 1. The first kappa shape index (κ1) is 23.2. The van der Waals surface area contributed by atoms with Crippen LogP contribution < -0.4 is 10.1 Å². The Hall–Kier alpha value is -2.45. The Morgan fingerprint density at radius 2 is 1.87 bits per heavy atom. The second kappa shape index (κ2) is 10.2. The molecule has 1 atom stereocenters. The van der Waals surface area contributed by atoms with Gasteiger partial charge >= 0.3 is 0 Å². The molecule has 0 aromatic heterocycles. The van der Waals surface area contributed by atoms with Crippen molar-refractivity contribution >= 4 is 15.9 Å². The van der Waals surface area contributed by atoms with Crippen LogP contribution in [0.4, 0.5) is 4.39 Å². The maximum Gasteiger partial charge on any atom is 0.246 e. The number of ether oxygens (including phenoxy) is 1. The van der Waals surface area contributed by atoms with E-state index in [1.165, 1.54) is 23.0 Å². The molecule has 0 saturated carbocycles. The lowest BCUT2D eigenvalue weighted by Crippen LogP contribution is -2.44. The Morgan fingerprint density at radius 3 is 2.52 bits per heavy atom. The van der Waals surface area contributed by atoms with Crippen LogP contribution in [0.25, 0.3) is 0 Å². The Kier molecular flexibility index (Phi) is 7.67. The molecular formula is C23H29FN2O4S. The number of carbonyl (C=O) groups is 1. The van der Waals surface area contributed by atoms with Gasteiger partial charge < -0.3 is 10.1 Å². The fourth-order valence-corrected chi connectivity index (χ4v) is 5.45. The normalized spacial score (nSPS) is 16.6. The molecule has 1 fully saturated rings. The van der Waals surface area contributed by atoms with Gasteiger partial charge in [-0.05, 0) is 56.4 Å². The number of sulfonamides is 1.